The van der Waals surface area contributed by atoms with E-state index < -0.39 is 0 Å². The summed E-state index contributed by atoms with van der Waals surface area (Å²) in [4.78, 5) is 5.73. The van der Waals surface area contributed by atoms with Crippen LogP contribution in [0.3, 0.4) is 0 Å². The lowest BCUT2D eigenvalue weighted by Crippen LogP contribution is -2.18. The van der Waals surface area contributed by atoms with Gasteiger partial charge in [-0.1, -0.05) is 43.2 Å². The van der Waals surface area contributed by atoms with Gasteiger partial charge in [0.1, 0.15) is 0 Å². The molecule has 1 heterocycles. The molecule has 1 aromatic carbocycles. The van der Waals surface area contributed by atoms with Gasteiger partial charge in [0.15, 0.2) is 0 Å². The van der Waals surface area contributed by atoms with Crippen molar-refractivity contribution in [2.75, 3.05) is 13.6 Å². The number of benzene rings is 1. The van der Waals surface area contributed by atoms with E-state index >= 15 is 0 Å². The zero-order valence-corrected chi connectivity index (χ0v) is 12.3. The van der Waals surface area contributed by atoms with Gasteiger partial charge in [-0.25, -0.2) is 0 Å². The number of nitrogens with zero attached hydrogens (tertiary/aromatic N) is 1. The molecule has 1 saturated carbocycles. The van der Waals surface area contributed by atoms with Gasteiger partial charge in [-0.3, -0.25) is 4.90 Å². The molecule has 1 fully saturated rings. The van der Waals surface area contributed by atoms with Crippen LogP contribution in [0.2, 0.25) is 0 Å². The van der Waals surface area contributed by atoms with Crippen LogP contribution in [0.25, 0.3) is 10.9 Å². The van der Waals surface area contributed by atoms with Gasteiger partial charge >= 0.3 is 0 Å². The summed E-state index contributed by atoms with van der Waals surface area (Å²) in [5.41, 5.74) is 2.66. The van der Waals surface area contributed by atoms with Crippen molar-refractivity contribution in [2.45, 2.75) is 32.2 Å². The van der Waals surface area contributed by atoms with Gasteiger partial charge in [0.2, 0.25) is 0 Å². The third-order valence-corrected chi connectivity index (χ3v) is 4.34. The number of fused-ring (bicyclic) bond motifs is 1. The zero-order valence-electron chi connectivity index (χ0n) is 12.3. The molecule has 0 amide bonds. The maximum atomic E-state index is 3.35. The number of likely N-dealkylation sites (N-methyl/N-ethyl adjacent to an activating group) is 1. The van der Waals surface area contributed by atoms with Crippen LogP contribution in [-0.2, 0) is 6.54 Å². The van der Waals surface area contributed by atoms with Crippen LogP contribution in [0.5, 0.6) is 0 Å². The van der Waals surface area contributed by atoms with E-state index in [0.717, 1.165) is 19.0 Å². The largest absolute Gasteiger partial charge is 0.361 e. The second-order valence-electron chi connectivity index (χ2n) is 6.03. The molecule has 1 aliphatic carbocycles. The van der Waals surface area contributed by atoms with E-state index in [9.17, 15) is 0 Å². The number of hydrogen-bond acceptors (Lipinski definition) is 1. The molecule has 0 unspecified atom stereocenters. The molecule has 2 nitrogen and oxygen atoms in total. The molecule has 1 N–H and O–H groups in total. The smallest absolute Gasteiger partial charge is 0.0499 e. The molecular weight excluding hydrogens is 244 g/mol. The lowest BCUT2D eigenvalue weighted by atomic mass is 10.1. The summed E-state index contributed by atoms with van der Waals surface area (Å²) in [6.45, 7) is 2.03. The zero-order chi connectivity index (χ0) is 13.8. The molecule has 0 aliphatic heterocycles. The average molecular weight is 268 g/mol. The summed E-state index contributed by atoms with van der Waals surface area (Å²) < 4.78 is 0. The topological polar surface area (TPSA) is 19.0 Å². The van der Waals surface area contributed by atoms with Gasteiger partial charge in [-0.2, -0.15) is 0 Å². The van der Waals surface area contributed by atoms with Crippen LogP contribution in [0, 0.1) is 5.92 Å². The molecule has 0 radical (unpaired) electrons. The van der Waals surface area contributed by atoms with Crippen LogP contribution >= 0.6 is 0 Å². The summed E-state index contributed by atoms with van der Waals surface area (Å²) in [7, 11) is 2.20. The lowest BCUT2D eigenvalue weighted by Gasteiger charge is -2.15. The second-order valence-corrected chi connectivity index (χ2v) is 6.03. The first-order chi connectivity index (χ1) is 9.83. The summed E-state index contributed by atoms with van der Waals surface area (Å²) in [5.74, 6) is 0.843. The fourth-order valence-corrected chi connectivity index (χ4v) is 3.22. The minimum absolute atomic E-state index is 0.843. The van der Waals surface area contributed by atoms with Crippen LogP contribution in [0.1, 0.15) is 31.2 Å². The summed E-state index contributed by atoms with van der Waals surface area (Å²) in [5, 5.41) is 1.30. The lowest BCUT2D eigenvalue weighted by molar-refractivity contribution is 0.364. The Morgan fingerprint density at radius 2 is 2.10 bits per heavy atom. The first kappa shape index (κ1) is 13.4. The second kappa shape index (κ2) is 6.27. The van der Waals surface area contributed by atoms with E-state index in [2.05, 4.69) is 53.3 Å². The minimum Gasteiger partial charge on any atom is -0.361 e. The van der Waals surface area contributed by atoms with Crippen molar-refractivity contribution in [2.24, 2.45) is 5.92 Å². The highest BCUT2D eigenvalue weighted by atomic mass is 15.1. The molecule has 2 heteroatoms. The average Bonchev–Trinajstić information content (AvgIpc) is 3.09. The van der Waals surface area contributed by atoms with Crippen molar-refractivity contribution in [3.8, 4) is 0 Å². The number of hydrogen-bond donors (Lipinski definition) is 1. The predicted octanol–water partition coefficient (Wildman–Crippen LogP) is 4.35. The van der Waals surface area contributed by atoms with Crippen LogP contribution in [0.4, 0.5) is 0 Å². The van der Waals surface area contributed by atoms with E-state index in [1.807, 2.05) is 6.20 Å². The first-order valence-corrected chi connectivity index (χ1v) is 7.73. The van der Waals surface area contributed by atoms with E-state index in [0.29, 0.717) is 0 Å². The van der Waals surface area contributed by atoms with Crippen molar-refractivity contribution in [3.63, 3.8) is 0 Å². The Morgan fingerprint density at radius 3 is 2.95 bits per heavy atom. The van der Waals surface area contributed by atoms with Gasteiger partial charge in [0, 0.05) is 24.8 Å². The fourth-order valence-electron chi connectivity index (χ4n) is 3.22. The Labute approximate surface area is 121 Å². The van der Waals surface area contributed by atoms with Crippen molar-refractivity contribution in [3.05, 3.63) is 48.2 Å². The van der Waals surface area contributed by atoms with Crippen LogP contribution < -0.4 is 0 Å². The number of H-pyrrole nitrogens is 1. The highest BCUT2D eigenvalue weighted by molar-refractivity contribution is 5.82. The molecule has 0 saturated heterocycles. The van der Waals surface area contributed by atoms with E-state index in [4.69, 9.17) is 0 Å². The van der Waals surface area contributed by atoms with E-state index in [1.54, 1.807) is 0 Å². The van der Waals surface area contributed by atoms with E-state index in [1.165, 1.54) is 42.1 Å². The summed E-state index contributed by atoms with van der Waals surface area (Å²) in [6.07, 6.45) is 12.4. The van der Waals surface area contributed by atoms with Gasteiger partial charge in [-0.05, 0) is 42.8 Å². The Kier molecular flexibility index (Phi) is 4.22. The van der Waals surface area contributed by atoms with E-state index in [-0.39, 0.29) is 0 Å². The Morgan fingerprint density at radius 1 is 1.25 bits per heavy atom. The number of rotatable bonds is 5. The van der Waals surface area contributed by atoms with Crippen molar-refractivity contribution < 1.29 is 0 Å². The molecule has 106 valence electrons. The molecule has 20 heavy (non-hydrogen) atoms. The maximum absolute atomic E-state index is 3.35. The number of para-hydroxylation sites is 1. The Balaban J connectivity index is 1.58. The third kappa shape index (κ3) is 3.13. The predicted molar refractivity (Wildman–Crippen MR) is 85.7 cm³/mol. The monoisotopic (exact) mass is 268 g/mol. The van der Waals surface area contributed by atoms with Crippen LogP contribution in [-0.4, -0.2) is 23.5 Å². The van der Waals surface area contributed by atoms with Crippen molar-refractivity contribution in [1.82, 2.24) is 9.88 Å². The number of nitrogens with one attached hydrogen (secondary N) is 1. The standard InChI is InChI=1S/C18H24N2/c1-20(13-5-8-15-6-2-3-7-15)14-17-10-4-9-16-11-12-19-18(16)17/h4-5,8-12,15,19H,2-3,6-7,13-14H2,1H3. The molecule has 1 aliphatic rings. The first-order valence-electron chi connectivity index (χ1n) is 7.73. The molecule has 3 rings (SSSR count). The van der Waals surface area contributed by atoms with Gasteiger partial charge in [0.05, 0.1) is 0 Å². The van der Waals surface area contributed by atoms with Gasteiger partial charge < -0.3 is 4.98 Å². The summed E-state index contributed by atoms with van der Waals surface area (Å²) >= 11 is 0. The molecule has 0 spiro atoms. The molecule has 2 aromatic rings. The molecule has 1 aromatic heterocycles. The maximum Gasteiger partial charge on any atom is 0.0499 e. The van der Waals surface area contributed by atoms with Crippen LogP contribution in [0.15, 0.2) is 42.6 Å². The Hall–Kier alpha value is -1.54. The van der Waals surface area contributed by atoms with Crippen molar-refractivity contribution in [1.29, 1.82) is 0 Å². The third-order valence-electron chi connectivity index (χ3n) is 4.34. The molecular formula is C18H24N2. The highest BCUT2D eigenvalue weighted by Crippen LogP contribution is 2.25. The SMILES string of the molecule is CN(CC=CC1CCCC1)Cc1cccc2cc[nH]c12. The molecule has 0 atom stereocenters. The quantitative estimate of drug-likeness (QED) is 0.799. The minimum atomic E-state index is 0.843. The fraction of sp³-hybridized carbons (Fsp3) is 0.444. The van der Waals surface area contributed by atoms with Gasteiger partial charge in [0.25, 0.3) is 0 Å². The Bertz CT molecular complexity index is 576. The number of allylic oxidation sites excluding steroid dienone is 1. The van der Waals surface area contributed by atoms with Crippen molar-refractivity contribution >= 4 is 10.9 Å². The summed E-state index contributed by atoms with van der Waals surface area (Å²) in [6, 6.07) is 8.66. The molecule has 0 bridgehead atoms. The van der Waals surface area contributed by atoms with Gasteiger partial charge in [-0.15, -0.1) is 0 Å². The normalized spacial score (nSPS) is 16.9. The highest BCUT2D eigenvalue weighted by Gasteiger charge is 2.11. The number of aromatic nitrogens is 1. The number of aromatic amines is 1.